The van der Waals surface area contributed by atoms with Crippen LogP contribution in [-0.2, 0) is 0 Å². The van der Waals surface area contributed by atoms with Crippen LogP contribution in [0, 0.1) is 0 Å². The first kappa shape index (κ1) is 10.9. The Labute approximate surface area is 57.5 Å². The molecule has 0 fully saturated rings. The van der Waals surface area contributed by atoms with Gasteiger partial charge in [0.25, 0.3) is 0 Å². The van der Waals surface area contributed by atoms with E-state index < -0.39 is 0 Å². The third-order valence-corrected chi connectivity index (χ3v) is 0.800. The molecular weight excluding hydrogens is 110 g/mol. The SMILES string of the molecule is C.C.Nc1ccccc1. The molecule has 1 rings (SSSR count). The van der Waals surface area contributed by atoms with Gasteiger partial charge in [-0.3, -0.25) is 0 Å². The number of nitrogen functional groups attached to an aromatic ring is 1. The summed E-state index contributed by atoms with van der Waals surface area (Å²) >= 11 is 0. The number of nitrogens with two attached hydrogens (primary N) is 1. The van der Waals surface area contributed by atoms with Crippen molar-refractivity contribution in [1.29, 1.82) is 0 Å². The van der Waals surface area contributed by atoms with Crippen molar-refractivity contribution < 1.29 is 0 Å². The highest BCUT2D eigenvalue weighted by Crippen LogP contribution is 1.95. The number of benzene rings is 1. The standard InChI is InChI=1S/C6H7N.2CH4/c7-6-4-2-1-3-5-6;;/h1-5H,7H2;2*1H4. The minimum absolute atomic E-state index is 0. The quantitative estimate of drug-likeness (QED) is 0.530. The average Bonchev–Trinajstić information content (AvgIpc) is 1.69. The van der Waals surface area contributed by atoms with Gasteiger partial charge in [0.2, 0.25) is 0 Å². The lowest BCUT2D eigenvalue weighted by Gasteiger charge is -1.83. The summed E-state index contributed by atoms with van der Waals surface area (Å²) in [7, 11) is 0. The molecule has 1 heteroatoms. The largest absolute Gasteiger partial charge is 0.399 e. The smallest absolute Gasteiger partial charge is 0.0313 e. The Kier molecular flexibility index (Phi) is 6.26. The van der Waals surface area contributed by atoms with Gasteiger partial charge in [-0.2, -0.15) is 0 Å². The van der Waals surface area contributed by atoms with E-state index in [9.17, 15) is 0 Å². The second-order valence-corrected chi connectivity index (χ2v) is 1.41. The summed E-state index contributed by atoms with van der Waals surface area (Å²) in [5, 5.41) is 0. The number of hydrogen-bond donors (Lipinski definition) is 1. The van der Waals surface area contributed by atoms with Crippen molar-refractivity contribution in [3.05, 3.63) is 30.3 Å². The molecule has 0 saturated heterocycles. The second kappa shape index (κ2) is 5.16. The molecule has 0 bridgehead atoms. The first-order valence-corrected chi connectivity index (χ1v) is 2.20. The van der Waals surface area contributed by atoms with Crippen LogP contribution >= 0.6 is 0 Å². The molecule has 0 radical (unpaired) electrons. The molecule has 1 aromatic rings. The van der Waals surface area contributed by atoms with Crippen molar-refractivity contribution >= 4 is 5.69 Å². The molecule has 0 heterocycles. The molecule has 0 aromatic heterocycles. The Morgan fingerprint density at radius 2 is 1.33 bits per heavy atom. The summed E-state index contributed by atoms with van der Waals surface area (Å²) in [5.74, 6) is 0. The van der Waals surface area contributed by atoms with E-state index >= 15 is 0 Å². The van der Waals surface area contributed by atoms with Crippen LogP contribution in [0.5, 0.6) is 0 Å². The van der Waals surface area contributed by atoms with Crippen LogP contribution < -0.4 is 5.73 Å². The highest BCUT2D eigenvalue weighted by atomic mass is 14.5. The van der Waals surface area contributed by atoms with E-state index in [1.54, 1.807) is 0 Å². The number of anilines is 1. The summed E-state index contributed by atoms with van der Waals surface area (Å²) in [4.78, 5) is 0. The Bertz CT molecular complexity index is 134. The fraction of sp³-hybridized carbons (Fsp3) is 0.250. The van der Waals surface area contributed by atoms with E-state index in [2.05, 4.69) is 0 Å². The van der Waals surface area contributed by atoms with Crippen LogP contribution in [0.25, 0.3) is 0 Å². The number of rotatable bonds is 0. The van der Waals surface area contributed by atoms with Gasteiger partial charge in [0.1, 0.15) is 0 Å². The first-order chi connectivity index (χ1) is 3.39. The Morgan fingerprint density at radius 1 is 0.889 bits per heavy atom. The molecule has 0 amide bonds. The Hall–Kier alpha value is -0.980. The molecule has 0 saturated carbocycles. The van der Waals surface area contributed by atoms with Crippen molar-refractivity contribution in [2.24, 2.45) is 0 Å². The molecule has 9 heavy (non-hydrogen) atoms. The molecular formula is C8H15N. The highest BCUT2D eigenvalue weighted by molar-refractivity contribution is 5.35. The van der Waals surface area contributed by atoms with Crippen molar-refractivity contribution in [3.63, 3.8) is 0 Å². The molecule has 1 nitrogen and oxygen atoms in total. The van der Waals surface area contributed by atoms with Gasteiger partial charge in [0.15, 0.2) is 0 Å². The number of para-hydroxylation sites is 1. The van der Waals surface area contributed by atoms with Crippen molar-refractivity contribution in [3.8, 4) is 0 Å². The monoisotopic (exact) mass is 125 g/mol. The number of hydrogen-bond acceptors (Lipinski definition) is 1. The zero-order chi connectivity index (χ0) is 5.11. The van der Waals surface area contributed by atoms with Crippen molar-refractivity contribution in [1.82, 2.24) is 0 Å². The molecule has 0 atom stereocenters. The zero-order valence-electron chi connectivity index (χ0n) is 3.96. The summed E-state index contributed by atoms with van der Waals surface area (Å²) in [6, 6.07) is 9.49. The molecule has 2 N–H and O–H groups in total. The van der Waals surface area contributed by atoms with E-state index in [4.69, 9.17) is 5.73 Å². The molecule has 0 spiro atoms. The van der Waals surface area contributed by atoms with Gasteiger partial charge in [-0.05, 0) is 12.1 Å². The van der Waals surface area contributed by atoms with Gasteiger partial charge in [-0.25, -0.2) is 0 Å². The minimum Gasteiger partial charge on any atom is -0.399 e. The van der Waals surface area contributed by atoms with Crippen LogP contribution in [0.15, 0.2) is 30.3 Å². The van der Waals surface area contributed by atoms with E-state index in [-0.39, 0.29) is 14.9 Å². The first-order valence-electron chi connectivity index (χ1n) is 2.20. The van der Waals surface area contributed by atoms with Gasteiger partial charge in [-0.1, -0.05) is 33.1 Å². The third-order valence-electron chi connectivity index (χ3n) is 0.800. The predicted octanol–water partition coefficient (Wildman–Crippen LogP) is 2.54. The maximum atomic E-state index is 5.36. The van der Waals surface area contributed by atoms with Crippen LogP contribution in [0.4, 0.5) is 5.69 Å². The van der Waals surface area contributed by atoms with Crippen LogP contribution in [0.1, 0.15) is 14.9 Å². The van der Waals surface area contributed by atoms with Gasteiger partial charge >= 0.3 is 0 Å². The lowest BCUT2D eigenvalue weighted by atomic mass is 10.3. The molecule has 0 aliphatic rings. The second-order valence-electron chi connectivity index (χ2n) is 1.41. The maximum Gasteiger partial charge on any atom is 0.0313 e. The van der Waals surface area contributed by atoms with Crippen molar-refractivity contribution in [2.45, 2.75) is 14.9 Å². The fourth-order valence-electron chi connectivity index (χ4n) is 0.453. The average molecular weight is 125 g/mol. The lowest BCUT2D eigenvalue weighted by Crippen LogP contribution is -1.79. The fourth-order valence-corrected chi connectivity index (χ4v) is 0.453. The summed E-state index contributed by atoms with van der Waals surface area (Å²) in [5.41, 5.74) is 6.18. The van der Waals surface area contributed by atoms with Crippen molar-refractivity contribution in [2.75, 3.05) is 5.73 Å². The summed E-state index contributed by atoms with van der Waals surface area (Å²) in [6.07, 6.45) is 0. The predicted molar refractivity (Wildman–Crippen MR) is 44.3 cm³/mol. The van der Waals surface area contributed by atoms with Gasteiger partial charge in [-0.15, -0.1) is 0 Å². The van der Waals surface area contributed by atoms with Crippen LogP contribution in [0.2, 0.25) is 0 Å². The summed E-state index contributed by atoms with van der Waals surface area (Å²) < 4.78 is 0. The van der Waals surface area contributed by atoms with Gasteiger partial charge < -0.3 is 5.73 Å². The Balaban J connectivity index is 0. The Morgan fingerprint density at radius 3 is 1.56 bits per heavy atom. The molecule has 1 aromatic carbocycles. The van der Waals surface area contributed by atoms with E-state index in [1.165, 1.54) is 0 Å². The zero-order valence-corrected chi connectivity index (χ0v) is 3.96. The molecule has 0 aliphatic heterocycles. The molecule has 0 aliphatic carbocycles. The lowest BCUT2D eigenvalue weighted by molar-refractivity contribution is 1.69. The third kappa shape index (κ3) is 3.59. The summed E-state index contributed by atoms with van der Waals surface area (Å²) in [6.45, 7) is 0. The van der Waals surface area contributed by atoms with Crippen LogP contribution in [-0.4, -0.2) is 0 Å². The van der Waals surface area contributed by atoms with E-state index in [0.29, 0.717) is 0 Å². The van der Waals surface area contributed by atoms with E-state index in [1.807, 2.05) is 30.3 Å². The van der Waals surface area contributed by atoms with Crippen LogP contribution in [0.3, 0.4) is 0 Å². The van der Waals surface area contributed by atoms with E-state index in [0.717, 1.165) is 5.69 Å². The molecule has 52 valence electrons. The molecule has 0 unspecified atom stereocenters. The normalized spacial score (nSPS) is 6.67. The highest BCUT2D eigenvalue weighted by Gasteiger charge is 1.72. The maximum absolute atomic E-state index is 5.36. The van der Waals surface area contributed by atoms with Gasteiger partial charge in [0, 0.05) is 5.69 Å². The minimum atomic E-state index is 0. The topological polar surface area (TPSA) is 26.0 Å². The van der Waals surface area contributed by atoms with Gasteiger partial charge in [0.05, 0.1) is 0 Å².